The van der Waals surface area contributed by atoms with E-state index in [-0.39, 0.29) is 0 Å². The van der Waals surface area contributed by atoms with Crippen molar-refractivity contribution in [2.45, 2.75) is 30.0 Å². The lowest BCUT2D eigenvalue weighted by Gasteiger charge is -2.37. The molecule has 0 aromatic carbocycles. The number of halogens is 1. The highest BCUT2D eigenvalue weighted by Gasteiger charge is 2.35. The Morgan fingerprint density at radius 3 is 2.84 bits per heavy atom. The summed E-state index contributed by atoms with van der Waals surface area (Å²) in [6.07, 6.45) is 1.86. The highest BCUT2D eigenvalue weighted by atomic mass is 79.9. The summed E-state index contributed by atoms with van der Waals surface area (Å²) >= 11 is 4.59. The third-order valence-electron chi connectivity index (χ3n) is 3.75. The Balaban J connectivity index is 2.21. The van der Waals surface area contributed by atoms with Crippen molar-refractivity contribution in [3.63, 3.8) is 0 Å². The SMILES string of the molecule is CCC1CN(S(=O)(=O)c2sccc2Br)CCC1NC. The molecule has 2 heterocycles. The lowest BCUT2D eigenvalue weighted by Crippen LogP contribution is -2.49. The van der Waals surface area contributed by atoms with Crippen LogP contribution in [0.1, 0.15) is 19.8 Å². The number of thiophene rings is 1. The molecular formula is C12H19BrN2O2S2. The zero-order valence-corrected chi connectivity index (χ0v) is 14.3. The second kappa shape index (κ2) is 6.22. The Hall–Kier alpha value is 0.0500. The number of hydrogen-bond acceptors (Lipinski definition) is 4. The summed E-state index contributed by atoms with van der Waals surface area (Å²) in [6.45, 7) is 3.32. The number of rotatable bonds is 4. The zero-order chi connectivity index (χ0) is 14.0. The predicted molar refractivity (Wildman–Crippen MR) is 82.0 cm³/mol. The van der Waals surface area contributed by atoms with E-state index in [0.29, 0.717) is 33.7 Å². The van der Waals surface area contributed by atoms with E-state index in [9.17, 15) is 8.42 Å². The Morgan fingerprint density at radius 2 is 2.32 bits per heavy atom. The molecule has 1 aliphatic heterocycles. The smallest absolute Gasteiger partial charge is 0.253 e. The van der Waals surface area contributed by atoms with Crippen LogP contribution in [-0.2, 0) is 10.0 Å². The molecule has 1 aromatic heterocycles. The maximum absolute atomic E-state index is 12.6. The van der Waals surface area contributed by atoms with Crippen LogP contribution in [-0.4, -0.2) is 38.9 Å². The summed E-state index contributed by atoms with van der Waals surface area (Å²) in [6, 6.07) is 2.21. The van der Waals surface area contributed by atoms with Crippen molar-refractivity contribution in [1.29, 1.82) is 0 Å². The monoisotopic (exact) mass is 366 g/mol. The molecule has 1 fully saturated rings. The van der Waals surface area contributed by atoms with Gasteiger partial charge in [0.25, 0.3) is 10.0 Å². The molecule has 19 heavy (non-hydrogen) atoms. The molecule has 2 rings (SSSR count). The fraction of sp³-hybridized carbons (Fsp3) is 0.667. The molecule has 1 aliphatic rings. The third-order valence-corrected chi connectivity index (χ3v) is 8.26. The van der Waals surface area contributed by atoms with Crippen molar-refractivity contribution >= 4 is 37.3 Å². The van der Waals surface area contributed by atoms with Gasteiger partial charge in [0.15, 0.2) is 0 Å². The van der Waals surface area contributed by atoms with Gasteiger partial charge in [-0.1, -0.05) is 13.3 Å². The minimum Gasteiger partial charge on any atom is -0.317 e. The van der Waals surface area contributed by atoms with Crippen molar-refractivity contribution in [3.8, 4) is 0 Å². The third kappa shape index (κ3) is 3.05. The van der Waals surface area contributed by atoms with Crippen LogP contribution in [0.2, 0.25) is 0 Å². The van der Waals surface area contributed by atoms with E-state index < -0.39 is 10.0 Å². The second-order valence-electron chi connectivity index (χ2n) is 4.77. The van der Waals surface area contributed by atoms with Crippen LogP contribution in [0.25, 0.3) is 0 Å². The van der Waals surface area contributed by atoms with Gasteiger partial charge in [-0.2, -0.15) is 4.31 Å². The van der Waals surface area contributed by atoms with Crippen LogP contribution in [0, 0.1) is 5.92 Å². The van der Waals surface area contributed by atoms with Crippen LogP contribution in [0.15, 0.2) is 20.1 Å². The van der Waals surface area contributed by atoms with Crippen LogP contribution < -0.4 is 5.32 Å². The summed E-state index contributed by atoms with van der Waals surface area (Å²) in [5, 5.41) is 5.10. The van der Waals surface area contributed by atoms with Crippen molar-refractivity contribution in [2.24, 2.45) is 5.92 Å². The molecule has 0 amide bonds. The van der Waals surface area contributed by atoms with Gasteiger partial charge in [-0.15, -0.1) is 11.3 Å². The lowest BCUT2D eigenvalue weighted by molar-refractivity contribution is 0.209. The second-order valence-corrected chi connectivity index (χ2v) is 8.67. The summed E-state index contributed by atoms with van der Waals surface area (Å²) in [4.78, 5) is 0. The molecule has 2 atom stereocenters. The minimum atomic E-state index is -3.35. The van der Waals surface area contributed by atoms with Crippen molar-refractivity contribution in [3.05, 3.63) is 15.9 Å². The normalized spacial score (nSPS) is 25.6. The van der Waals surface area contributed by atoms with E-state index in [0.717, 1.165) is 12.8 Å². The van der Waals surface area contributed by atoms with Gasteiger partial charge >= 0.3 is 0 Å². The van der Waals surface area contributed by atoms with Gasteiger partial charge in [0.1, 0.15) is 4.21 Å². The largest absolute Gasteiger partial charge is 0.317 e. The molecule has 108 valence electrons. The molecule has 7 heteroatoms. The number of nitrogens with one attached hydrogen (secondary N) is 1. The van der Waals surface area contributed by atoms with Gasteiger partial charge in [0, 0.05) is 23.6 Å². The van der Waals surface area contributed by atoms with E-state index in [1.165, 1.54) is 11.3 Å². The highest BCUT2D eigenvalue weighted by Crippen LogP contribution is 2.32. The Morgan fingerprint density at radius 1 is 1.58 bits per heavy atom. The molecule has 0 bridgehead atoms. The van der Waals surface area contributed by atoms with Crippen molar-refractivity contribution in [2.75, 3.05) is 20.1 Å². The quantitative estimate of drug-likeness (QED) is 0.890. The van der Waals surface area contributed by atoms with Crippen LogP contribution in [0.4, 0.5) is 0 Å². The maximum Gasteiger partial charge on any atom is 0.253 e. The summed E-state index contributed by atoms with van der Waals surface area (Å²) < 4.78 is 27.9. The first-order valence-electron chi connectivity index (χ1n) is 6.41. The van der Waals surface area contributed by atoms with Gasteiger partial charge in [-0.25, -0.2) is 8.42 Å². The molecule has 1 aromatic rings. The van der Waals surface area contributed by atoms with Gasteiger partial charge in [-0.3, -0.25) is 0 Å². The van der Waals surface area contributed by atoms with E-state index in [2.05, 4.69) is 28.2 Å². The van der Waals surface area contributed by atoms with E-state index in [1.54, 1.807) is 15.8 Å². The molecule has 0 spiro atoms. The topological polar surface area (TPSA) is 49.4 Å². The zero-order valence-electron chi connectivity index (χ0n) is 11.1. The van der Waals surface area contributed by atoms with E-state index >= 15 is 0 Å². The van der Waals surface area contributed by atoms with E-state index in [4.69, 9.17) is 0 Å². The Labute approximate surface area is 127 Å². The summed E-state index contributed by atoms with van der Waals surface area (Å²) in [7, 11) is -1.40. The Bertz CT molecular complexity index is 530. The molecule has 1 N–H and O–H groups in total. The molecule has 4 nitrogen and oxygen atoms in total. The first-order valence-corrected chi connectivity index (χ1v) is 9.52. The first-order chi connectivity index (χ1) is 9.00. The highest BCUT2D eigenvalue weighted by molar-refractivity contribution is 9.10. The predicted octanol–water partition coefficient (Wildman–Crippen LogP) is 2.52. The molecule has 0 aliphatic carbocycles. The van der Waals surface area contributed by atoms with Crippen molar-refractivity contribution in [1.82, 2.24) is 9.62 Å². The molecule has 1 saturated heterocycles. The first kappa shape index (κ1) is 15.4. The number of piperidine rings is 1. The van der Waals surface area contributed by atoms with Gasteiger partial charge in [0.2, 0.25) is 0 Å². The average Bonchev–Trinajstić information content (AvgIpc) is 2.84. The average molecular weight is 367 g/mol. The van der Waals surface area contributed by atoms with Crippen LogP contribution in [0.3, 0.4) is 0 Å². The maximum atomic E-state index is 12.6. The fourth-order valence-corrected chi connectivity index (χ4v) is 6.55. The minimum absolute atomic E-state index is 0.382. The Kier molecular flexibility index (Phi) is 5.05. The number of hydrogen-bond donors (Lipinski definition) is 1. The van der Waals surface area contributed by atoms with E-state index in [1.807, 2.05) is 7.05 Å². The molecule has 2 unspecified atom stereocenters. The standard InChI is InChI=1S/C12H19BrN2O2S2/c1-3-9-8-15(6-4-11(9)14-2)19(16,17)12-10(13)5-7-18-12/h5,7,9,11,14H,3-4,6,8H2,1-2H3. The molecular weight excluding hydrogens is 348 g/mol. The van der Waals surface area contributed by atoms with Gasteiger partial charge in [-0.05, 0) is 46.8 Å². The van der Waals surface area contributed by atoms with Crippen LogP contribution in [0.5, 0.6) is 0 Å². The van der Waals surface area contributed by atoms with Crippen molar-refractivity contribution < 1.29 is 8.42 Å². The van der Waals surface area contributed by atoms with Gasteiger partial charge in [0.05, 0.1) is 0 Å². The van der Waals surface area contributed by atoms with Gasteiger partial charge < -0.3 is 5.32 Å². The van der Waals surface area contributed by atoms with Crippen LogP contribution >= 0.6 is 27.3 Å². The molecule has 0 radical (unpaired) electrons. The number of nitrogens with zero attached hydrogens (tertiary/aromatic N) is 1. The summed E-state index contributed by atoms with van der Waals surface area (Å²) in [5.41, 5.74) is 0. The number of sulfonamides is 1. The molecule has 0 saturated carbocycles. The lowest BCUT2D eigenvalue weighted by atomic mass is 9.91. The summed E-state index contributed by atoms with van der Waals surface area (Å²) in [5.74, 6) is 0.382. The fourth-order valence-electron chi connectivity index (χ4n) is 2.59.